The Morgan fingerprint density at radius 3 is 2.38 bits per heavy atom. The van der Waals surface area contributed by atoms with Gasteiger partial charge in [0.25, 0.3) is 11.5 Å². The van der Waals surface area contributed by atoms with Gasteiger partial charge in [-0.2, -0.15) is 5.10 Å². The van der Waals surface area contributed by atoms with Crippen LogP contribution >= 0.6 is 0 Å². The molecule has 0 aliphatic carbocycles. The summed E-state index contributed by atoms with van der Waals surface area (Å²) in [5, 5.41) is 8.13. The molecule has 0 bridgehead atoms. The third kappa shape index (κ3) is 3.67. The van der Waals surface area contributed by atoms with Crippen LogP contribution in [0.3, 0.4) is 0 Å². The van der Waals surface area contributed by atoms with Crippen molar-refractivity contribution in [2.45, 2.75) is 26.2 Å². The summed E-state index contributed by atoms with van der Waals surface area (Å²) >= 11 is 0. The van der Waals surface area contributed by atoms with E-state index in [9.17, 15) is 9.59 Å². The van der Waals surface area contributed by atoms with Crippen molar-refractivity contribution in [2.75, 3.05) is 6.54 Å². The molecule has 0 spiro atoms. The third-order valence-corrected chi connectivity index (χ3v) is 4.52. The highest BCUT2D eigenvalue weighted by atomic mass is 16.2. The van der Waals surface area contributed by atoms with Crippen LogP contribution < -0.4 is 10.9 Å². The van der Waals surface area contributed by atoms with Gasteiger partial charge in [-0.05, 0) is 29.5 Å². The number of nitrogens with one attached hydrogen (secondary N) is 1. The van der Waals surface area contributed by atoms with Crippen LogP contribution in [-0.2, 0) is 13.5 Å². The van der Waals surface area contributed by atoms with Crippen molar-refractivity contribution in [3.05, 3.63) is 75.7 Å². The minimum atomic E-state index is -0.268. The SMILES string of the molecule is CC(C)c1ccc(CCNC(=O)c2nn(C)c(=O)c3ccccc23)cc1. The number of hydrogen-bond acceptors (Lipinski definition) is 3. The van der Waals surface area contributed by atoms with E-state index in [-0.39, 0.29) is 17.2 Å². The molecule has 0 saturated carbocycles. The number of aromatic nitrogens is 2. The Morgan fingerprint density at radius 2 is 1.73 bits per heavy atom. The van der Waals surface area contributed by atoms with Crippen molar-refractivity contribution in [3.63, 3.8) is 0 Å². The van der Waals surface area contributed by atoms with Crippen LogP contribution in [0.4, 0.5) is 0 Å². The van der Waals surface area contributed by atoms with Crippen molar-refractivity contribution >= 4 is 16.7 Å². The molecule has 0 atom stereocenters. The number of carbonyl (C=O) groups is 1. The lowest BCUT2D eigenvalue weighted by atomic mass is 10.0. The molecule has 0 fully saturated rings. The first-order chi connectivity index (χ1) is 12.5. The fourth-order valence-corrected chi connectivity index (χ4v) is 2.94. The minimum Gasteiger partial charge on any atom is -0.350 e. The molecule has 1 amide bonds. The van der Waals surface area contributed by atoms with Gasteiger partial charge in [0.1, 0.15) is 0 Å². The van der Waals surface area contributed by atoms with Crippen molar-refractivity contribution in [2.24, 2.45) is 7.05 Å². The van der Waals surface area contributed by atoms with E-state index in [0.29, 0.717) is 23.2 Å². The van der Waals surface area contributed by atoms with E-state index in [0.717, 1.165) is 6.42 Å². The molecule has 1 aromatic heterocycles. The summed E-state index contributed by atoms with van der Waals surface area (Å²) in [5.41, 5.74) is 2.55. The highest BCUT2D eigenvalue weighted by molar-refractivity contribution is 6.04. The Kier molecular flexibility index (Phi) is 5.16. The van der Waals surface area contributed by atoms with Crippen LogP contribution in [0.2, 0.25) is 0 Å². The lowest BCUT2D eigenvalue weighted by Gasteiger charge is -2.10. The summed E-state index contributed by atoms with van der Waals surface area (Å²) in [6, 6.07) is 15.5. The van der Waals surface area contributed by atoms with Crippen molar-refractivity contribution in [3.8, 4) is 0 Å². The second-order valence-electron chi connectivity index (χ2n) is 6.73. The first kappa shape index (κ1) is 17.9. The van der Waals surface area contributed by atoms with Crippen LogP contribution in [-0.4, -0.2) is 22.2 Å². The van der Waals surface area contributed by atoms with Crippen LogP contribution in [0, 0.1) is 0 Å². The fraction of sp³-hybridized carbons (Fsp3) is 0.286. The van der Waals surface area contributed by atoms with Gasteiger partial charge in [-0.1, -0.05) is 56.3 Å². The van der Waals surface area contributed by atoms with Gasteiger partial charge in [-0.3, -0.25) is 9.59 Å². The molecular weight excluding hydrogens is 326 g/mol. The standard InChI is InChI=1S/C21H23N3O2/c1-14(2)16-10-8-15(9-11-16)12-13-22-20(25)19-17-6-4-5-7-18(17)21(26)24(3)23-19/h4-11,14H,12-13H2,1-3H3,(H,22,25). The number of nitrogens with zero attached hydrogens (tertiary/aromatic N) is 2. The topological polar surface area (TPSA) is 64.0 Å². The lowest BCUT2D eigenvalue weighted by Crippen LogP contribution is -2.30. The van der Waals surface area contributed by atoms with Crippen LogP contribution in [0.1, 0.15) is 41.4 Å². The summed E-state index contributed by atoms with van der Waals surface area (Å²) in [6.45, 7) is 4.85. The number of hydrogen-bond donors (Lipinski definition) is 1. The fourth-order valence-electron chi connectivity index (χ4n) is 2.94. The van der Waals surface area contributed by atoms with Crippen molar-refractivity contribution < 1.29 is 4.79 Å². The van der Waals surface area contributed by atoms with Gasteiger partial charge in [0.15, 0.2) is 5.69 Å². The van der Waals surface area contributed by atoms with Gasteiger partial charge in [-0.15, -0.1) is 0 Å². The number of aryl methyl sites for hydroxylation is 1. The molecular formula is C21H23N3O2. The van der Waals surface area contributed by atoms with Crippen LogP contribution in [0.5, 0.6) is 0 Å². The van der Waals surface area contributed by atoms with E-state index in [1.807, 2.05) is 0 Å². The Balaban J connectivity index is 1.72. The lowest BCUT2D eigenvalue weighted by molar-refractivity contribution is 0.0949. The summed E-state index contributed by atoms with van der Waals surface area (Å²) in [5.74, 6) is 0.239. The van der Waals surface area contributed by atoms with E-state index >= 15 is 0 Å². The number of fused-ring (bicyclic) bond motifs is 1. The van der Waals surface area contributed by atoms with E-state index in [4.69, 9.17) is 0 Å². The number of rotatable bonds is 5. The minimum absolute atomic E-state index is 0.206. The van der Waals surface area contributed by atoms with Gasteiger partial charge in [-0.25, -0.2) is 4.68 Å². The molecule has 5 nitrogen and oxygen atoms in total. The number of carbonyl (C=O) groups excluding carboxylic acids is 1. The average molecular weight is 349 g/mol. The largest absolute Gasteiger partial charge is 0.350 e. The first-order valence-corrected chi connectivity index (χ1v) is 8.80. The molecule has 1 N–H and O–H groups in total. The van der Waals surface area contributed by atoms with Gasteiger partial charge in [0.05, 0.1) is 5.39 Å². The average Bonchev–Trinajstić information content (AvgIpc) is 2.65. The molecule has 134 valence electrons. The quantitative estimate of drug-likeness (QED) is 0.770. The molecule has 0 unspecified atom stereocenters. The summed E-state index contributed by atoms with van der Waals surface area (Å²) in [4.78, 5) is 24.7. The molecule has 3 aromatic rings. The molecule has 5 heteroatoms. The molecule has 0 aliphatic heterocycles. The predicted octanol–water partition coefficient (Wildman–Crippen LogP) is 3.03. The van der Waals surface area contributed by atoms with Gasteiger partial charge in [0.2, 0.25) is 0 Å². The zero-order valence-electron chi connectivity index (χ0n) is 15.3. The highest BCUT2D eigenvalue weighted by Gasteiger charge is 2.15. The second-order valence-corrected chi connectivity index (χ2v) is 6.73. The Hall–Kier alpha value is -2.95. The normalized spacial score (nSPS) is 11.1. The Bertz CT molecular complexity index is 988. The Morgan fingerprint density at radius 1 is 1.08 bits per heavy atom. The van der Waals surface area contributed by atoms with Gasteiger partial charge >= 0.3 is 0 Å². The monoisotopic (exact) mass is 349 g/mol. The van der Waals surface area contributed by atoms with Crippen LogP contribution in [0.15, 0.2) is 53.3 Å². The van der Waals surface area contributed by atoms with E-state index in [1.54, 1.807) is 31.3 Å². The molecule has 0 radical (unpaired) electrons. The number of benzene rings is 2. The number of amides is 1. The summed E-state index contributed by atoms with van der Waals surface area (Å²) in [7, 11) is 1.56. The van der Waals surface area contributed by atoms with Gasteiger partial charge < -0.3 is 5.32 Å². The molecule has 1 heterocycles. The molecule has 3 rings (SSSR count). The first-order valence-electron chi connectivity index (χ1n) is 8.80. The zero-order valence-corrected chi connectivity index (χ0v) is 15.3. The molecule has 0 aliphatic rings. The Labute approximate surface area is 152 Å². The predicted molar refractivity (Wildman–Crippen MR) is 104 cm³/mol. The highest BCUT2D eigenvalue weighted by Crippen LogP contribution is 2.15. The summed E-state index contributed by atoms with van der Waals surface area (Å²) < 4.78 is 1.21. The molecule has 2 aromatic carbocycles. The maximum atomic E-state index is 12.6. The summed E-state index contributed by atoms with van der Waals surface area (Å²) in [6.07, 6.45) is 0.744. The van der Waals surface area contributed by atoms with Gasteiger partial charge in [0, 0.05) is 19.0 Å². The van der Waals surface area contributed by atoms with E-state index in [2.05, 4.69) is 48.5 Å². The zero-order chi connectivity index (χ0) is 18.7. The third-order valence-electron chi connectivity index (χ3n) is 4.52. The molecule has 0 saturated heterocycles. The smallest absolute Gasteiger partial charge is 0.274 e. The van der Waals surface area contributed by atoms with Crippen LogP contribution in [0.25, 0.3) is 10.8 Å². The molecule has 26 heavy (non-hydrogen) atoms. The maximum absolute atomic E-state index is 12.6. The second kappa shape index (κ2) is 7.52. The van der Waals surface area contributed by atoms with E-state index < -0.39 is 0 Å². The van der Waals surface area contributed by atoms with Crippen molar-refractivity contribution in [1.29, 1.82) is 0 Å². The maximum Gasteiger partial charge on any atom is 0.274 e. The van der Waals surface area contributed by atoms with Crippen molar-refractivity contribution in [1.82, 2.24) is 15.1 Å². The van der Waals surface area contributed by atoms with E-state index in [1.165, 1.54) is 15.8 Å².